The highest BCUT2D eigenvalue weighted by atomic mass is 19.4. The maximum Gasteiger partial charge on any atom is 0.416 e. The SMILES string of the molecule is CC(C)N(CCO)C(=O)c1cc(C(F)(F)F)ccc1NN. The normalized spacial score (nSPS) is 11.6. The number of aliphatic hydroxyl groups excluding tert-OH is 1. The number of benzene rings is 1. The molecule has 0 unspecified atom stereocenters. The summed E-state index contributed by atoms with van der Waals surface area (Å²) in [5.74, 6) is 4.62. The first-order valence-corrected chi connectivity index (χ1v) is 6.32. The molecule has 0 aliphatic rings. The molecule has 0 spiro atoms. The van der Waals surface area contributed by atoms with Gasteiger partial charge in [0.1, 0.15) is 0 Å². The van der Waals surface area contributed by atoms with Gasteiger partial charge >= 0.3 is 6.18 Å². The second-order valence-electron chi connectivity index (χ2n) is 4.72. The number of nitrogens with zero attached hydrogens (tertiary/aromatic N) is 1. The summed E-state index contributed by atoms with van der Waals surface area (Å²) in [6, 6.07) is 2.43. The molecule has 0 aliphatic heterocycles. The van der Waals surface area contributed by atoms with Gasteiger partial charge in [-0.25, -0.2) is 0 Å². The number of nitrogens with one attached hydrogen (secondary N) is 1. The molecule has 0 aliphatic carbocycles. The molecule has 0 radical (unpaired) electrons. The lowest BCUT2D eigenvalue weighted by atomic mass is 10.1. The van der Waals surface area contributed by atoms with Crippen LogP contribution in [-0.4, -0.2) is 35.1 Å². The van der Waals surface area contributed by atoms with Crippen LogP contribution in [0.15, 0.2) is 18.2 Å². The van der Waals surface area contributed by atoms with Gasteiger partial charge in [-0.1, -0.05) is 0 Å². The first kappa shape index (κ1) is 17.3. The molecule has 0 atom stereocenters. The van der Waals surface area contributed by atoms with E-state index in [9.17, 15) is 18.0 Å². The number of hydrogen-bond acceptors (Lipinski definition) is 4. The average Bonchev–Trinajstić information content (AvgIpc) is 2.42. The summed E-state index contributed by atoms with van der Waals surface area (Å²) in [4.78, 5) is 13.7. The van der Waals surface area contributed by atoms with E-state index in [-0.39, 0.29) is 30.4 Å². The van der Waals surface area contributed by atoms with Crippen LogP contribution in [0.3, 0.4) is 0 Å². The lowest BCUT2D eigenvalue weighted by Crippen LogP contribution is -2.39. The number of amides is 1. The Hall–Kier alpha value is -1.80. The highest BCUT2D eigenvalue weighted by Gasteiger charge is 2.32. The van der Waals surface area contributed by atoms with Gasteiger partial charge in [-0.2, -0.15) is 13.2 Å². The highest BCUT2D eigenvalue weighted by molar-refractivity contribution is 6.00. The predicted octanol–water partition coefficient (Wildman–Crippen LogP) is 1.83. The van der Waals surface area contributed by atoms with Crippen LogP contribution in [0.25, 0.3) is 0 Å². The molecule has 1 aromatic carbocycles. The van der Waals surface area contributed by atoms with Crippen LogP contribution in [0.4, 0.5) is 18.9 Å². The summed E-state index contributed by atoms with van der Waals surface area (Å²) < 4.78 is 38.3. The highest BCUT2D eigenvalue weighted by Crippen LogP contribution is 2.32. The number of nitrogen functional groups attached to an aromatic ring is 1. The lowest BCUT2D eigenvalue weighted by Gasteiger charge is -2.27. The van der Waals surface area contributed by atoms with E-state index < -0.39 is 17.6 Å². The van der Waals surface area contributed by atoms with Gasteiger partial charge in [0, 0.05) is 12.6 Å². The Bertz CT molecular complexity index is 504. The second kappa shape index (κ2) is 6.77. The average molecular weight is 305 g/mol. The van der Waals surface area contributed by atoms with Crippen molar-refractivity contribution in [1.82, 2.24) is 4.90 Å². The van der Waals surface area contributed by atoms with Gasteiger partial charge in [0.25, 0.3) is 5.91 Å². The molecule has 4 N–H and O–H groups in total. The summed E-state index contributed by atoms with van der Waals surface area (Å²) in [5, 5.41) is 8.98. The zero-order valence-electron chi connectivity index (χ0n) is 11.7. The summed E-state index contributed by atoms with van der Waals surface area (Å²) in [6.07, 6.45) is -4.55. The number of hydrogen-bond donors (Lipinski definition) is 3. The van der Waals surface area contributed by atoms with E-state index in [0.717, 1.165) is 18.2 Å². The quantitative estimate of drug-likeness (QED) is 0.573. The van der Waals surface area contributed by atoms with Crippen molar-refractivity contribution in [3.8, 4) is 0 Å². The first-order chi connectivity index (χ1) is 9.72. The van der Waals surface area contributed by atoms with Gasteiger partial charge in [0.2, 0.25) is 0 Å². The third-order valence-electron chi connectivity index (χ3n) is 2.96. The number of carbonyl (C=O) groups excluding carboxylic acids is 1. The Balaban J connectivity index is 3.28. The van der Waals surface area contributed by atoms with E-state index in [2.05, 4.69) is 5.43 Å². The Kier molecular flexibility index (Phi) is 5.56. The number of anilines is 1. The van der Waals surface area contributed by atoms with Crippen molar-refractivity contribution in [2.24, 2.45) is 5.84 Å². The Morgan fingerprint density at radius 1 is 1.43 bits per heavy atom. The minimum Gasteiger partial charge on any atom is -0.395 e. The van der Waals surface area contributed by atoms with Crippen molar-refractivity contribution in [3.63, 3.8) is 0 Å². The van der Waals surface area contributed by atoms with Crippen molar-refractivity contribution >= 4 is 11.6 Å². The van der Waals surface area contributed by atoms with E-state index >= 15 is 0 Å². The number of rotatable bonds is 5. The zero-order chi connectivity index (χ0) is 16.2. The van der Waals surface area contributed by atoms with E-state index in [4.69, 9.17) is 10.9 Å². The number of halogens is 3. The number of hydrazine groups is 1. The second-order valence-corrected chi connectivity index (χ2v) is 4.72. The van der Waals surface area contributed by atoms with Crippen LogP contribution in [-0.2, 0) is 6.18 Å². The fourth-order valence-corrected chi connectivity index (χ4v) is 1.88. The van der Waals surface area contributed by atoms with E-state index in [0.29, 0.717) is 0 Å². The Morgan fingerprint density at radius 2 is 2.05 bits per heavy atom. The van der Waals surface area contributed by atoms with Gasteiger partial charge < -0.3 is 15.4 Å². The van der Waals surface area contributed by atoms with Crippen molar-refractivity contribution in [1.29, 1.82) is 0 Å². The summed E-state index contributed by atoms with van der Waals surface area (Å²) >= 11 is 0. The van der Waals surface area contributed by atoms with Crippen molar-refractivity contribution < 1.29 is 23.1 Å². The van der Waals surface area contributed by atoms with Gasteiger partial charge in [-0.3, -0.25) is 10.6 Å². The number of nitrogens with two attached hydrogens (primary N) is 1. The summed E-state index contributed by atoms with van der Waals surface area (Å²) in [7, 11) is 0. The molecular weight excluding hydrogens is 287 g/mol. The third-order valence-corrected chi connectivity index (χ3v) is 2.96. The van der Waals surface area contributed by atoms with E-state index in [1.165, 1.54) is 4.90 Å². The molecule has 0 saturated carbocycles. The molecule has 5 nitrogen and oxygen atoms in total. The topological polar surface area (TPSA) is 78.6 Å². The molecule has 21 heavy (non-hydrogen) atoms. The fraction of sp³-hybridized carbons (Fsp3) is 0.462. The van der Waals surface area contributed by atoms with Gasteiger partial charge in [0.15, 0.2) is 0 Å². The first-order valence-electron chi connectivity index (χ1n) is 6.32. The molecule has 0 heterocycles. The monoisotopic (exact) mass is 305 g/mol. The van der Waals surface area contributed by atoms with Crippen molar-refractivity contribution in [2.75, 3.05) is 18.6 Å². The minimum absolute atomic E-state index is 0.0246. The standard InChI is InChI=1S/C13H18F3N3O2/c1-8(2)19(5-6-20)12(21)10-7-9(13(14,15)16)3-4-11(10)18-17/h3-4,7-8,18,20H,5-6,17H2,1-2H3. The molecule has 118 valence electrons. The smallest absolute Gasteiger partial charge is 0.395 e. The largest absolute Gasteiger partial charge is 0.416 e. The number of aliphatic hydroxyl groups is 1. The third kappa shape index (κ3) is 4.08. The van der Waals surface area contributed by atoms with E-state index in [1.807, 2.05) is 0 Å². The fourth-order valence-electron chi connectivity index (χ4n) is 1.88. The van der Waals surface area contributed by atoms with Crippen LogP contribution in [0.1, 0.15) is 29.8 Å². The molecule has 0 bridgehead atoms. The summed E-state index contributed by atoms with van der Waals surface area (Å²) in [6.45, 7) is 3.15. The van der Waals surface area contributed by atoms with E-state index in [1.54, 1.807) is 13.8 Å². The maximum absolute atomic E-state index is 12.8. The van der Waals surface area contributed by atoms with Crippen molar-refractivity contribution in [3.05, 3.63) is 29.3 Å². The molecular formula is C13H18F3N3O2. The van der Waals surface area contributed by atoms with Crippen LogP contribution in [0.2, 0.25) is 0 Å². The molecule has 1 amide bonds. The molecule has 8 heteroatoms. The molecule has 0 saturated heterocycles. The van der Waals surface area contributed by atoms with Crippen LogP contribution >= 0.6 is 0 Å². The number of alkyl halides is 3. The zero-order valence-corrected chi connectivity index (χ0v) is 11.7. The van der Waals surface area contributed by atoms with Crippen LogP contribution in [0.5, 0.6) is 0 Å². The molecule has 1 rings (SSSR count). The van der Waals surface area contributed by atoms with Gasteiger partial charge in [-0.15, -0.1) is 0 Å². The maximum atomic E-state index is 12.8. The Labute approximate surface area is 120 Å². The molecule has 0 fully saturated rings. The van der Waals surface area contributed by atoms with Crippen molar-refractivity contribution in [2.45, 2.75) is 26.1 Å². The van der Waals surface area contributed by atoms with Gasteiger partial charge in [0.05, 0.1) is 23.4 Å². The van der Waals surface area contributed by atoms with Crippen LogP contribution in [0, 0.1) is 0 Å². The lowest BCUT2D eigenvalue weighted by molar-refractivity contribution is -0.137. The molecule has 0 aromatic heterocycles. The molecule has 1 aromatic rings. The summed E-state index contributed by atoms with van der Waals surface area (Å²) in [5.41, 5.74) is 1.19. The van der Waals surface area contributed by atoms with Gasteiger partial charge in [-0.05, 0) is 32.0 Å². The minimum atomic E-state index is -4.55. The predicted molar refractivity (Wildman–Crippen MR) is 72.5 cm³/mol. The number of carbonyl (C=O) groups is 1. The Morgan fingerprint density at radius 3 is 2.48 bits per heavy atom. The van der Waals surface area contributed by atoms with Crippen LogP contribution < -0.4 is 11.3 Å².